The van der Waals surface area contributed by atoms with E-state index >= 15 is 0 Å². The second-order valence-electron chi connectivity index (χ2n) is 25.4. The van der Waals surface area contributed by atoms with E-state index in [1.165, 1.54) is 385 Å². The fourth-order valence-electron chi connectivity index (χ4n) is 12.0. The monoisotopic (exact) mass is 1080 g/mol. The van der Waals surface area contributed by atoms with Crippen molar-refractivity contribution in [1.29, 1.82) is 0 Å². The fourth-order valence-corrected chi connectivity index (χ4v) is 12.0. The van der Waals surface area contributed by atoms with Gasteiger partial charge < -0.3 is 15.5 Å². The van der Waals surface area contributed by atoms with Gasteiger partial charge in [0.2, 0.25) is 5.91 Å². The minimum absolute atomic E-state index is 0.0526. The van der Waals surface area contributed by atoms with Crippen molar-refractivity contribution in [3.63, 3.8) is 0 Å². The van der Waals surface area contributed by atoms with Crippen LogP contribution in [0.1, 0.15) is 431 Å². The van der Waals surface area contributed by atoms with Gasteiger partial charge in [-0.25, -0.2) is 0 Å². The standard InChI is InChI=1S/C73H145NO3/c1-3-5-7-9-11-13-15-17-19-21-23-25-27-29-31-32-33-34-35-36-37-38-39-40-41-43-45-47-49-51-53-55-57-59-61-63-65-67-69-73(77)74-71(70-75)72(76)68-66-64-62-60-58-56-54-52-50-48-46-44-42-30-28-26-24-22-20-18-16-14-12-10-8-6-4-2/h66,68,71-72,75-76H,3-65,67,69-70H2,1-2H3,(H,74,77)/b68-66+. The molecule has 0 spiro atoms. The second-order valence-corrected chi connectivity index (χ2v) is 25.4. The molecule has 0 radical (unpaired) electrons. The largest absolute Gasteiger partial charge is 0.394 e. The normalized spacial score (nSPS) is 12.6. The van der Waals surface area contributed by atoms with Crippen molar-refractivity contribution in [2.75, 3.05) is 6.61 Å². The van der Waals surface area contributed by atoms with Crippen molar-refractivity contribution >= 4 is 5.91 Å². The van der Waals surface area contributed by atoms with Crippen LogP contribution in [0.2, 0.25) is 0 Å². The smallest absolute Gasteiger partial charge is 0.220 e. The lowest BCUT2D eigenvalue weighted by molar-refractivity contribution is -0.123. The van der Waals surface area contributed by atoms with Gasteiger partial charge in [0.05, 0.1) is 18.8 Å². The van der Waals surface area contributed by atoms with Gasteiger partial charge in [-0.3, -0.25) is 4.79 Å². The fraction of sp³-hybridized carbons (Fsp3) is 0.959. The number of rotatable bonds is 69. The van der Waals surface area contributed by atoms with Gasteiger partial charge >= 0.3 is 0 Å². The van der Waals surface area contributed by atoms with E-state index in [9.17, 15) is 15.0 Å². The number of unbranched alkanes of at least 4 members (excludes halogenated alkanes) is 62. The molecular formula is C73H145NO3. The molecule has 0 aromatic heterocycles. The molecule has 4 nitrogen and oxygen atoms in total. The zero-order valence-electron chi connectivity index (χ0n) is 53.3. The lowest BCUT2D eigenvalue weighted by Gasteiger charge is -2.20. The van der Waals surface area contributed by atoms with Crippen LogP contribution in [0.15, 0.2) is 12.2 Å². The van der Waals surface area contributed by atoms with Crippen LogP contribution >= 0.6 is 0 Å². The Balaban J connectivity index is 3.37. The molecule has 0 fully saturated rings. The summed E-state index contributed by atoms with van der Waals surface area (Å²) in [6.45, 7) is 4.37. The number of allylic oxidation sites excluding steroid dienone is 1. The summed E-state index contributed by atoms with van der Waals surface area (Å²) in [5, 5.41) is 23.3. The molecule has 0 aromatic carbocycles. The lowest BCUT2D eigenvalue weighted by atomic mass is 10.0. The number of carbonyl (C=O) groups excluding carboxylic acids is 1. The lowest BCUT2D eigenvalue weighted by Crippen LogP contribution is -2.45. The Morgan fingerprint density at radius 2 is 0.481 bits per heavy atom. The van der Waals surface area contributed by atoms with Crippen LogP contribution < -0.4 is 5.32 Å². The number of hydrogen-bond acceptors (Lipinski definition) is 3. The molecule has 0 heterocycles. The summed E-state index contributed by atoms with van der Waals surface area (Å²) in [6.07, 6.45) is 93.3. The van der Waals surface area contributed by atoms with E-state index in [1.807, 2.05) is 6.08 Å². The molecule has 2 unspecified atom stereocenters. The number of amides is 1. The zero-order chi connectivity index (χ0) is 55.5. The highest BCUT2D eigenvalue weighted by atomic mass is 16.3. The molecule has 0 rings (SSSR count). The van der Waals surface area contributed by atoms with Gasteiger partial charge in [-0.05, 0) is 19.3 Å². The summed E-state index contributed by atoms with van der Waals surface area (Å²) >= 11 is 0. The molecule has 0 saturated heterocycles. The SMILES string of the molecule is CCCCCCCCCCCCCCCCCCCCCCCCCCC/C=C/C(O)C(CO)NC(=O)CCCCCCCCCCCCCCCCCCCCCCCCCCCCCCCCCCCCCCCC. The van der Waals surface area contributed by atoms with Gasteiger partial charge in [0.1, 0.15) is 0 Å². The molecule has 2 atom stereocenters. The number of aliphatic hydroxyl groups is 2. The van der Waals surface area contributed by atoms with Gasteiger partial charge in [0.15, 0.2) is 0 Å². The Kier molecular flexibility index (Phi) is 68.6. The summed E-state index contributed by atoms with van der Waals surface area (Å²) in [5.74, 6) is -0.0526. The number of nitrogens with one attached hydrogen (secondary N) is 1. The second kappa shape index (κ2) is 69.4. The van der Waals surface area contributed by atoms with Gasteiger partial charge in [0, 0.05) is 6.42 Å². The van der Waals surface area contributed by atoms with E-state index in [-0.39, 0.29) is 12.5 Å². The third kappa shape index (κ3) is 65.8. The molecule has 0 aromatic rings. The Labute approximate surface area is 486 Å². The van der Waals surface area contributed by atoms with Gasteiger partial charge in [0.25, 0.3) is 0 Å². The van der Waals surface area contributed by atoms with Crippen LogP contribution in [-0.2, 0) is 4.79 Å². The van der Waals surface area contributed by atoms with Crippen LogP contribution in [0.5, 0.6) is 0 Å². The molecule has 0 bridgehead atoms. The zero-order valence-corrected chi connectivity index (χ0v) is 53.3. The first-order valence-corrected chi connectivity index (χ1v) is 36.4. The molecule has 0 saturated carbocycles. The van der Waals surface area contributed by atoms with E-state index in [2.05, 4.69) is 19.2 Å². The maximum absolute atomic E-state index is 12.5. The molecule has 4 heteroatoms. The molecule has 0 aliphatic carbocycles. The highest BCUT2D eigenvalue weighted by molar-refractivity contribution is 5.76. The van der Waals surface area contributed by atoms with Crippen molar-refractivity contribution in [2.24, 2.45) is 0 Å². The van der Waals surface area contributed by atoms with Crippen LogP contribution in [0, 0.1) is 0 Å². The third-order valence-electron chi connectivity index (χ3n) is 17.5. The Morgan fingerprint density at radius 3 is 0.675 bits per heavy atom. The maximum Gasteiger partial charge on any atom is 0.220 e. The minimum Gasteiger partial charge on any atom is -0.394 e. The first-order valence-electron chi connectivity index (χ1n) is 36.4. The summed E-state index contributed by atoms with van der Waals surface area (Å²) < 4.78 is 0. The number of carbonyl (C=O) groups is 1. The molecule has 0 aliphatic heterocycles. The van der Waals surface area contributed by atoms with E-state index in [0.29, 0.717) is 6.42 Å². The van der Waals surface area contributed by atoms with E-state index in [1.54, 1.807) is 6.08 Å². The molecular weight excluding hydrogens is 939 g/mol. The average Bonchev–Trinajstić information content (AvgIpc) is 3.43. The average molecular weight is 1080 g/mol. The highest BCUT2D eigenvalue weighted by Crippen LogP contribution is 2.20. The molecule has 1 amide bonds. The van der Waals surface area contributed by atoms with E-state index < -0.39 is 12.1 Å². The third-order valence-corrected chi connectivity index (χ3v) is 17.5. The van der Waals surface area contributed by atoms with Crippen molar-refractivity contribution in [1.82, 2.24) is 5.32 Å². The van der Waals surface area contributed by atoms with E-state index in [4.69, 9.17) is 0 Å². The Hall–Kier alpha value is -0.870. The topological polar surface area (TPSA) is 69.6 Å². The van der Waals surface area contributed by atoms with Crippen LogP contribution in [-0.4, -0.2) is 34.9 Å². The summed E-state index contributed by atoms with van der Waals surface area (Å²) in [6, 6.07) is -0.620. The predicted molar refractivity (Wildman–Crippen MR) is 346 cm³/mol. The van der Waals surface area contributed by atoms with Crippen LogP contribution in [0.25, 0.3) is 0 Å². The number of hydrogen-bond donors (Lipinski definition) is 3. The summed E-state index contributed by atoms with van der Waals surface area (Å²) in [7, 11) is 0. The predicted octanol–water partition coefficient (Wildman–Crippen LogP) is 24.8. The van der Waals surface area contributed by atoms with Gasteiger partial charge in [-0.1, -0.05) is 418 Å². The van der Waals surface area contributed by atoms with Crippen LogP contribution in [0.3, 0.4) is 0 Å². The minimum atomic E-state index is -0.837. The van der Waals surface area contributed by atoms with E-state index in [0.717, 1.165) is 25.7 Å². The summed E-state index contributed by atoms with van der Waals surface area (Å²) in [4.78, 5) is 12.5. The molecule has 460 valence electrons. The number of aliphatic hydroxyl groups excluding tert-OH is 2. The van der Waals surface area contributed by atoms with Gasteiger partial charge in [-0.15, -0.1) is 0 Å². The Morgan fingerprint density at radius 1 is 0.299 bits per heavy atom. The summed E-state index contributed by atoms with van der Waals surface area (Å²) in [5.41, 5.74) is 0. The van der Waals surface area contributed by atoms with Crippen molar-refractivity contribution in [2.45, 2.75) is 443 Å². The van der Waals surface area contributed by atoms with Crippen molar-refractivity contribution < 1.29 is 15.0 Å². The van der Waals surface area contributed by atoms with Crippen LogP contribution in [0.4, 0.5) is 0 Å². The molecule has 77 heavy (non-hydrogen) atoms. The van der Waals surface area contributed by atoms with Crippen molar-refractivity contribution in [3.8, 4) is 0 Å². The quantitative estimate of drug-likeness (QED) is 0.0420. The van der Waals surface area contributed by atoms with Crippen molar-refractivity contribution in [3.05, 3.63) is 12.2 Å². The highest BCUT2D eigenvalue weighted by Gasteiger charge is 2.18. The first kappa shape index (κ1) is 76.1. The molecule has 0 aliphatic rings. The first-order chi connectivity index (χ1) is 38.2. The van der Waals surface area contributed by atoms with Gasteiger partial charge in [-0.2, -0.15) is 0 Å². The Bertz CT molecular complexity index is 1090. The molecule has 3 N–H and O–H groups in total. The maximum atomic E-state index is 12.5.